The van der Waals surface area contributed by atoms with Gasteiger partial charge in [-0.2, -0.15) is 0 Å². The van der Waals surface area contributed by atoms with Crippen LogP contribution in [0.3, 0.4) is 0 Å². The zero-order valence-corrected chi connectivity index (χ0v) is 18.3. The molecular weight excluding hydrogens is 408 g/mol. The molecule has 8 heteroatoms. The Labute approximate surface area is 188 Å². The fourth-order valence-electron chi connectivity index (χ4n) is 3.72. The van der Waals surface area contributed by atoms with Crippen LogP contribution in [0.2, 0.25) is 0 Å². The third-order valence-corrected chi connectivity index (χ3v) is 5.42. The van der Waals surface area contributed by atoms with Crippen LogP contribution in [0.4, 0.5) is 5.69 Å². The summed E-state index contributed by atoms with van der Waals surface area (Å²) in [5.41, 5.74) is 8.03. The summed E-state index contributed by atoms with van der Waals surface area (Å²) in [6.07, 6.45) is 2.32. The van der Waals surface area contributed by atoms with Crippen molar-refractivity contribution in [2.45, 2.75) is 38.3 Å². The summed E-state index contributed by atoms with van der Waals surface area (Å²) in [6, 6.07) is 13.9. The van der Waals surface area contributed by atoms with Crippen LogP contribution in [0, 0.1) is 0 Å². The van der Waals surface area contributed by atoms with Crippen LogP contribution in [0.15, 0.2) is 48.5 Å². The second-order valence-electron chi connectivity index (χ2n) is 7.85. The van der Waals surface area contributed by atoms with Crippen molar-refractivity contribution in [3.8, 4) is 5.75 Å². The molecule has 0 spiro atoms. The van der Waals surface area contributed by atoms with Crippen molar-refractivity contribution in [3.05, 3.63) is 59.7 Å². The molecule has 0 saturated carbocycles. The van der Waals surface area contributed by atoms with Crippen molar-refractivity contribution in [1.29, 1.82) is 0 Å². The number of benzene rings is 2. The van der Waals surface area contributed by atoms with Crippen molar-refractivity contribution < 1.29 is 19.1 Å². The predicted molar refractivity (Wildman–Crippen MR) is 122 cm³/mol. The highest BCUT2D eigenvalue weighted by atomic mass is 16.5. The molecule has 4 N–H and O–H groups in total. The number of ether oxygens (including phenoxy) is 1. The molecule has 1 fully saturated rings. The molecule has 32 heavy (non-hydrogen) atoms. The maximum Gasteiger partial charge on any atom is 0.245 e. The lowest BCUT2D eigenvalue weighted by molar-refractivity contribution is -0.138. The number of anilines is 1. The summed E-state index contributed by atoms with van der Waals surface area (Å²) in [4.78, 5) is 39.6. The third-order valence-electron chi connectivity index (χ3n) is 5.42. The van der Waals surface area contributed by atoms with Crippen LogP contribution in [-0.4, -0.2) is 48.9 Å². The van der Waals surface area contributed by atoms with Gasteiger partial charge in [-0.3, -0.25) is 14.4 Å². The van der Waals surface area contributed by atoms with Gasteiger partial charge in [0.25, 0.3) is 0 Å². The van der Waals surface area contributed by atoms with E-state index in [4.69, 9.17) is 10.5 Å². The Balaban J connectivity index is 1.56. The first-order valence-corrected chi connectivity index (χ1v) is 10.8. The van der Waals surface area contributed by atoms with Crippen LogP contribution in [-0.2, 0) is 27.3 Å². The van der Waals surface area contributed by atoms with E-state index in [2.05, 4.69) is 10.6 Å². The molecule has 1 saturated heterocycles. The Morgan fingerprint density at radius 3 is 2.59 bits per heavy atom. The second kappa shape index (κ2) is 11.3. The Morgan fingerprint density at radius 2 is 1.88 bits per heavy atom. The van der Waals surface area contributed by atoms with Crippen molar-refractivity contribution in [2.75, 3.05) is 25.5 Å². The minimum absolute atomic E-state index is 0.0590. The summed E-state index contributed by atoms with van der Waals surface area (Å²) < 4.78 is 5.13. The molecule has 1 unspecified atom stereocenters. The standard InChI is InChI=1S/C24H30N4O4/c1-32-20-10-8-17(9-11-20)14-22(29)27-21-7-2-3-12-28(24(21)31)16-23(30)26-19-6-4-5-18(13-19)15-25/h4-6,8-11,13,21H,2-3,7,12,14-16,25H2,1H3,(H,26,30)(H,27,29). The maximum absolute atomic E-state index is 13.0. The molecule has 3 amide bonds. The smallest absolute Gasteiger partial charge is 0.245 e. The molecule has 8 nitrogen and oxygen atoms in total. The number of nitrogens with one attached hydrogen (secondary N) is 2. The number of rotatable bonds is 8. The van der Waals surface area contributed by atoms with Gasteiger partial charge in [-0.25, -0.2) is 0 Å². The van der Waals surface area contributed by atoms with Crippen molar-refractivity contribution in [3.63, 3.8) is 0 Å². The molecule has 1 aliphatic heterocycles. The lowest BCUT2D eigenvalue weighted by Crippen LogP contribution is -2.49. The molecule has 0 aliphatic carbocycles. The molecule has 0 aromatic heterocycles. The monoisotopic (exact) mass is 438 g/mol. The lowest BCUT2D eigenvalue weighted by Gasteiger charge is -2.24. The van der Waals surface area contributed by atoms with Gasteiger partial charge in [0.1, 0.15) is 11.8 Å². The van der Waals surface area contributed by atoms with Crippen LogP contribution in [0.5, 0.6) is 5.75 Å². The highest BCUT2D eigenvalue weighted by Gasteiger charge is 2.29. The summed E-state index contributed by atoms with van der Waals surface area (Å²) >= 11 is 0. The summed E-state index contributed by atoms with van der Waals surface area (Å²) in [5, 5.41) is 5.66. The predicted octanol–water partition coefficient (Wildman–Crippen LogP) is 1.83. The van der Waals surface area contributed by atoms with Gasteiger partial charge in [0.2, 0.25) is 17.7 Å². The highest BCUT2D eigenvalue weighted by molar-refractivity contribution is 5.96. The number of hydrogen-bond donors (Lipinski definition) is 3. The molecule has 0 radical (unpaired) electrons. The quantitative estimate of drug-likeness (QED) is 0.582. The van der Waals surface area contributed by atoms with Gasteiger partial charge < -0.3 is 26.0 Å². The highest BCUT2D eigenvalue weighted by Crippen LogP contribution is 2.15. The third kappa shape index (κ3) is 6.55. The minimum atomic E-state index is -0.628. The van der Waals surface area contributed by atoms with E-state index in [0.717, 1.165) is 29.7 Å². The Kier molecular flexibility index (Phi) is 8.21. The molecule has 0 bridgehead atoms. The van der Waals surface area contributed by atoms with Gasteiger partial charge in [0.05, 0.1) is 20.1 Å². The average molecular weight is 439 g/mol. The topological polar surface area (TPSA) is 114 Å². The number of hydrogen-bond acceptors (Lipinski definition) is 5. The van der Waals surface area contributed by atoms with Crippen molar-refractivity contribution in [2.24, 2.45) is 5.73 Å². The van der Waals surface area contributed by atoms with Crippen LogP contribution in [0.1, 0.15) is 30.4 Å². The largest absolute Gasteiger partial charge is 0.497 e. The van der Waals surface area contributed by atoms with Crippen molar-refractivity contribution in [1.82, 2.24) is 10.2 Å². The van der Waals surface area contributed by atoms with Crippen LogP contribution in [0.25, 0.3) is 0 Å². The normalized spacial score (nSPS) is 16.2. The van der Waals surface area contributed by atoms with Gasteiger partial charge in [0, 0.05) is 18.8 Å². The molecule has 2 aromatic carbocycles. The van der Waals surface area contributed by atoms with E-state index in [1.165, 1.54) is 4.90 Å². The number of nitrogens with zero attached hydrogens (tertiary/aromatic N) is 1. The number of carbonyl (C=O) groups is 3. The van der Waals surface area contributed by atoms with Crippen molar-refractivity contribution >= 4 is 23.4 Å². The zero-order chi connectivity index (χ0) is 22.9. The summed E-state index contributed by atoms with van der Waals surface area (Å²) in [5.74, 6) is -0.00985. The van der Waals surface area contributed by atoms with Gasteiger partial charge in [-0.1, -0.05) is 24.3 Å². The Bertz CT molecular complexity index is 945. The first kappa shape index (κ1) is 23.3. The summed E-state index contributed by atoms with van der Waals surface area (Å²) in [7, 11) is 1.59. The zero-order valence-electron chi connectivity index (χ0n) is 18.3. The molecule has 1 aliphatic rings. The van der Waals surface area contributed by atoms with E-state index in [1.807, 2.05) is 30.3 Å². The number of likely N-dealkylation sites (tertiary alicyclic amines) is 1. The average Bonchev–Trinajstić information content (AvgIpc) is 2.96. The van der Waals surface area contributed by atoms with Gasteiger partial charge in [-0.05, 0) is 54.7 Å². The number of methoxy groups -OCH3 is 1. The van der Waals surface area contributed by atoms with Crippen LogP contribution < -0.4 is 21.1 Å². The van der Waals surface area contributed by atoms with E-state index in [1.54, 1.807) is 25.3 Å². The molecule has 170 valence electrons. The molecule has 1 atom stereocenters. The van der Waals surface area contributed by atoms with E-state index >= 15 is 0 Å². The lowest BCUT2D eigenvalue weighted by atomic mass is 10.1. The Hall–Kier alpha value is -3.39. The second-order valence-corrected chi connectivity index (χ2v) is 7.85. The number of carbonyl (C=O) groups excluding carboxylic acids is 3. The van der Waals surface area contributed by atoms with E-state index in [0.29, 0.717) is 25.2 Å². The molecule has 3 rings (SSSR count). The fourth-order valence-corrected chi connectivity index (χ4v) is 3.72. The van der Waals surface area contributed by atoms with E-state index < -0.39 is 6.04 Å². The minimum Gasteiger partial charge on any atom is -0.497 e. The van der Waals surface area contributed by atoms with Gasteiger partial charge >= 0.3 is 0 Å². The number of amides is 3. The summed E-state index contributed by atoms with van der Waals surface area (Å²) in [6.45, 7) is 0.808. The first-order chi connectivity index (χ1) is 15.5. The SMILES string of the molecule is COc1ccc(CC(=O)NC2CCCCN(CC(=O)Nc3cccc(CN)c3)C2=O)cc1. The van der Waals surface area contributed by atoms with E-state index in [9.17, 15) is 14.4 Å². The van der Waals surface area contributed by atoms with Crippen LogP contribution >= 0.6 is 0 Å². The van der Waals surface area contributed by atoms with E-state index in [-0.39, 0.29) is 30.7 Å². The molecule has 1 heterocycles. The molecule has 2 aromatic rings. The molecular formula is C24H30N4O4. The fraction of sp³-hybridized carbons (Fsp3) is 0.375. The Morgan fingerprint density at radius 1 is 1.09 bits per heavy atom. The van der Waals surface area contributed by atoms with Gasteiger partial charge in [0.15, 0.2) is 0 Å². The first-order valence-electron chi connectivity index (χ1n) is 10.8. The number of nitrogens with two attached hydrogens (primary N) is 1. The maximum atomic E-state index is 13.0. The van der Waals surface area contributed by atoms with Gasteiger partial charge in [-0.15, -0.1) is 0 Å².